The maximum Gasteiger partial charge on any atom is 0.119 e. The van der Waals surface area contributed by atoms with Crippen molar-refractivity contribution in [3.63, 3.8) is 0 Å². The van der Waals surface area contributed by atoms with Gasteiger partial charge in [-0.1, -0.05) is 35.3 Å². The molecule has 0 bridgehead atoms. The number of aliphatic hydroxyl groups excluding tert-OH is 1. The van der Waals surface area contributed by atoms with E-state index in [2.05, 4.69) is 5.32 Å². The van der Waals surface area contributed by atoms with Crippen LogP contribution in [-0.2, 0) is 0 Å². The van der Waals surface area contributed by atoms with Crippen LogP contribution in [0.2, 0.25) is 10.0 Å². The van der Waals surface area contributed by atoms with E-state index in [0.29, 0.717) is 10.0 Å². The molecule has 0 amide bonds. The third-order valence-corrected chi connectivity index (χ3v) is 5.00. The van der Waals surface area contributed by atoms with Crippen molar-refractivity contribution >= 4 is 23.2 Å². The van der Waals surface area contributed by atoms with Gasteiger partial charge >= 0.3 is 0 Å². The molecule has 0 saturated heterocycles. The first-order chi connectivity index (χ1) is 10.6. The number of benzene rings is 2. The Morgan fingerprint density at radius 1 is 1.05 bits per heavy atom. The van der Waals surface area contributed by atoms with Crippen molar-refractivity contribution < 1.29 is 9.84 Å². The third-order valence-electron chi connectivity index (χ3n) is 4.26. The Kier molecular flexibility index (Phi) is 4.33. The van der Waals surface area contributed by atoms with Gasteiger partial charge in [0.1, 0.15) is 5.75 Å². The van der Waals surface area contributed by atoms with Gasteiger partial charge in [0, 0.05) is 5.92 Å². The van der Waals surface area contributed by atoms with Gasteiger partial charge in [-0.05, 0) is 48.0 Å². The Morgan fingerprint density at radius 3 is 2.45 bits per heavy atom. The molecule has 3 rings (SSSR count). The van der Waals surface area contributed by atoms with Crippen LogP contribution in [0, 0.1) is 0 Å². The number of ether oxygens (including phenoxy) is 1. The predicted molar refractivity (Wildman–Crippen MR) is 89.1 cm³/mol. The highest BCUT2D eigenvalue weighted by atomic mass is 35.5. The lowest BCUT2D eigenvalue weighted by Crippen LogP contribution is -2.28. The maximum absolute atomic E-state index is 10.8. The molecule has 0 saturated carbocycles. The zero-order valence-corrected chi connectivity index (χ0v) is 13.8. The molecule has 5 heteroatoms. The summed E-state index contributed by atoms with van der Waals surface area (Å²) in [5.74, 6) is 0.633. The third kappa shape index (κ3) is 2.48. The molecule has 0 heterocycles. The number of likely N-dealkylation sites (N-methyl/N-ethyl adjacent to an activating group) is 1. The van der Waals surface area contributed by atoms with Crippen molar-refractivity contribution in [3.8, 4) is 5.75 Å². The number of nitrogens with one attached hydrogen (secondary N) is 1. The molecule has 2 N–H and O–H groups in total. The Bertz CT molecular complexity index is 705. The van der Waals surface area contributed by atoms with Gasteiger partial charge in [0.05, 0.1) is 29.3 Å². The Balaban J connectivity index is 2.11. The molecular formula is C17H17Cl2NO2. The summed E-state index contributed by atoms with van der Waals surface area (Å²) >= 11 is 12.1. The number of aliphatic hydroxyl groups is 1. The topological polar surface area (TPSA) is 41.5 Å². The lowest BCUT2D eigenvalue weighted by molar-refractivity contribution is 0.130. The molecule has 3 nitrogen and oxygen atoms in total. The van der Waals surface area contributed by atoms with Crippen LogP contribution in [0.25, 0.3) is 0 Å². The number of halogens is 2. The molecule has 0 radical (unpaired) electrons. The van der Waals surface area contributed by atoms with Crippen molar-refractivity contribution in [1.82, 2.24) is 5.32 Å². The maximum atomic E-state index is 10.8. The lowest BCUT2D eigenvalue weighted by atomic mass is 9.91. The van der Waals surface area contributed by atoms with Crippen LogP contribution >= 0.6 is 23.2 Å². The van der Waals surface area contributed by atoms with Crippen molar-refractivity contribution in [2.75, 3.05) is 14.2 Å². The molecule has 0 aromatic heterocycles. The molecule has 3 atom stereocenters. The highest BCUT2D eigenvalue weighted by Crippen LogP contribution is 2.46. The summed E-state index contributed by atoms with van der Waals surface area (Å²) in [4.78, 5) is 0. The number of hydrogen-bond acceptors (Lipinski definition) is 3. The fourth-order valence-corrected chi connectivity index (χ4v) is 3.51. The summed E-state index contributed by atoms with van der Waals surface area (Å²) in [6, 6.07) is 11.2. The molecule has 22 heavy (non-hydrogen) atoms. The highest BCUT2D eigenvalue weighted by molar-refractivity contribution is 6.42. The van der Waals surface area contributed by atoms with Gasteiger partial charge < -0.3 is 15.2 Å². The Hall–Kier alpha value is -1.26. The van der Waals surface area contributed by atoms with Crippen LogP contribution in [0.4, 0.5) is 0 Å². The van der Waals surface area contributed by atoms with E-state index in [9.17, 15) is 5.11 Å². The normalized spacial score (nSPS) is 23.4. The first-order valence-electron chi connectivity index (χ1n) is 7.05. The van der Waals surface area contributed by atoms with E-state index in [0.717, 1.165) is 22.4 Å². The minimum absolute atomic E-state index is 0.145. The molecule has 0 spiro atoms. The smallest absolute Gasteiger partial charge is 0.119 e. The van der Waals surface area contributed by atoms with Gasteiger partial charge in [0.25, 0.3) is 0 Å². The van der Waals surface area contributed by atoms with Crippen LogP contribution in [0.3, 0.4) is 0 Å². The average Bonchev–Trinajstić information content (AvgIpc) is 2.80. The van der Waals surface area contributed by atoms with Crippen molar-refractivity contribution in [3.05, 3.63) is 63.1 Å². The van der Waals surface area contributed by atoms with E-state index < -0.39 is 6.10 Å². The van der Waals surface area contributed by atoms with Crippen molar-refractivity contribution in [2.45, 2.75) is 18.1 Å². The number of rotatable bonds is 3. The van der Waals surface area contributed by atoms with Gasteiger partial charge in [0.2, 0.25) is 0 Å². The summed E-state index contributed by atoms with van der Waals surface area (Å²) in [5.41, 5.74) is 3.07. The molecule has 0 fully saturated rings. The van der Waals surface area contributed by atoms with Gasteiger partial charge in [-0.2, -0.15) is 0 Å². The molecule has 1 aliphatic rings. The molecule has 116 valence electrons. The first kappa shape index (κ1) is 15.6. The summed E-state index contributed by atoms with van der Waals surface area (Å²) in [5, 5.41) is 15.0. The van der Waals surface area contributed by atoms with Crippen LogP contribution < -0.4 is 10.1 Å². The summed E-state index contributed by atoms with van der Waals surface area (Å²) in [7, 11) is 3.48. The fourth-order valence-electron chi connectivity index (χ4n) is 3.20. The molecule has 0 unspecified atom stereocenters. The fraction of sp³-hybridized carbons (Fsp3) is 0.294. The van der Waals surface area contributed by atoms with Gasteiger partial charge in [-0.15, -0.1) is 0 Å². The number of methoxy groups -OCH3 is 1. The zero-order valence-electron chi connectivity index (χ0n) is 12.3. The lowest BCUT2D eigenvalue weighted by Gasteiger charge is -2.20. The number of hydrogen-bond donors (Lipinski definition) is 2. The summed E-state index contributed by atoms with van der Waals surface area (Å²) < 4.78 is 5.30. The molecule has 2 aromatic rings. The average molecular weight is 338 g/mol. The highest BCUT2D eigenvalue weighted by Gasteiger charge is 2.40. The first-order valence-corrected chi connectivity index (χ1v) is 7.80. The standard InChI is InChI=1S/C17H17Cl2NO2/c1-20-16-12-8-10(22-2)4-5-11(12)15(17(16)21)9-3-6-13(18)14(19)7-9/h3-8,15-17,20-21H,1-2H3/t15-,16-,17-/m0/s1. The van der Waals surface area contributed by atoms with Gasteiger partial charge in [0.15, 0.2) is 0 Å². The minimum atomic E-state index is -0.579. The van der Waals surface area contributed by atoms with Crippen LogP contribution in [0.15, 0.2) is 36.4 Å². The van der Waals surface area contributed by atoms with E-state index in [1.54, 1.807) is 13.2 Å². The van der Waals surface area contributed by atoms with Gasteiger partial charge in [-0.3, -0.25) is 0 Å². The Labute approximate surface area is 139 Å². The monoisotopic (exact) mass is 337 g/mol. The molecular weight excluding hydrogens is 321 g/mol. The largest absolute Gasteiger partial charge is 0.497 e. The molecule has 1 aliphatic carbocycles. The summed E-state index contributed by atoms with van der Waals surface area (Å²) in [6.45, 7) is 0. The second-order valence-corrected chi connectivity index (χ2v) is 6.22. The van der Waals surface area contributed by atoms with Crippen LogP contribution in [-0.4, -0.2) is 25.4 Å². The van der Waals surface area contributed by atoms with Crippen LogP contribution in [0.1, 0.15) is 28.7 Å². The van der Waals surface area contributed by atoms with E-state index >= 15 is 0 Å². The minimum Gasteiger partial charge on any atom is -0.497 e. The SMILES string of the molecule is CN[C@H]1c2cc(OC)ccc2[C@H](c2ccc(Cl)c(Cl)c2)[C@@H]1O. The second-order valence-electron chi connectivity index (χ2n) is 5.40. The quantitative estimate of drug-likeness (QED) is 0.895. The molecule has 0 aliphatic heterocycles. The zero-order chi connectivity index (χ0) is 15.9. The van der Waals surface area contributed by atoms with Gasteiger partial charge in [-0.25, -0.2) is 0 Å². The van der Waals surface area contributed by atoms with Crippen LogP contribution in [0.5, 0.6) is 5.75 Å². The Morgan fingerprint density at radius 2 is 1.82 bits per heavy atom. The summed E-state index contributed by atoms with van der Waals surface area (Å²) in [6.07, 6.45) is -0.579. The van der Waals surface area contributed by atoms with E-state index in [1.165, 1.54) is 0 Å². The second kappa shape index (κ2) is 6.09. The van der Waals surface area contributed by atoms with Crippen molar-refractivity contribution in [2.24, 2.45) is 0 Å². The van der Waals surface area contributed by atoms with Crippen molar-refractivity contribution in [1.29, 1.82) is 0 Å². The molecule has 2 aromatic carbocycles. The van der Waals surface area contributed by atoms with E-state index in [1.807, 2.05) is 37.4 Å². The predicted octanol–water partition coefficient (Wildman–Crippen LogP) is 3.77. The number of fused-ring (bicyclic) bond motifs is 1. The van der Waals surface area contributed by atoms with E-state index in [4.69, 9.17) is 27.9 Å². The van der Waals surface area contributed by atoms with E-state index in [-0.39, 0.29) is 12.0 Å².